The number of benzene rings is 2. The molecule has 6 heteroatoms. The van der Waals surface area contributed by atoms with Gasteiger partial charge >= 0.3 is 11.9 Å². The Morgan fingerprint density at radius 1 is 1.04 bits per heavy atom. The number of hydrogen-bond donors (Lipinski definition) is 1. The Kier molecular flexibility index (Phi) is 5.42. The van der Waals surface area contributed by atoms with Crippen LogP contribution in [0.25, 0.3) is 0 Å². The van der Waals surface area contributed by atoms with E-state index in [4.69, 9.17) is 9.57 Å². The van der Waals surface area contributed by atoms with Gasteiger partial charge in [0.15, 0.2) is 0 Å². The highest BCUT2D eigenvalue weighted by molar-refractivity contribution is 5.89. The van der Waals surface area contributed by atoms with E-state index in [1.54, 1.807) is 30.3 Å². The van der Waals surface area contributed by atoms with Crippen LogP contribution in [-0.4, -0.2) is 40.8 Å². The van der Waals surface area contributed by atoms with E-state index in [2.05, 4.69) is 0 Å². The molecule has 0 aromatic heterocycles. The molecule has 3 rings (SSSR count). The average molecular weight is 341 g/mol. The number of nitrogens with zero attached hydrogens (tertiary/aromatic N) is 1. The monoisotopic (exact) mass is 341 g/mol. The first-order chi connectivity index (χ1) is 12.1. The number of hydroxylamine groups is 2. The Morgan fingerprint density at radius 2 is 1.68 bits per heavy atom. The molecule has 6 nitrogen and oxygen atoms in total. The molecule has 0 amide bonds. The van der Waals surface area contributed by atoms with Gasteiger partial charge < -0.3 is 14.7 Å². The summed E-state index contributed by atoms with van der Waals surface area (Å²) < 4.78 is 5.29. The van der Waals surface area contributed by atoms with Crippen LogP contribution in [0, 0.1) is 0 Å². The van der Waals surface area contributed by atoms with Crippen molar-refractivity contribution in [2.24, 2.45) is 0 Å². The van der Waals surface area contributed by atoms with E-state index >= 15 is 0 Å². The number of hydrogen-bond acceptors (Lipinski definition) is 6. The van der Waals surface area contributed by atoms with Crippen LogP contribution in [-0.2, 0) is 21.0 Å². The first-order valence-electron chi connectivity index (χ1n) is 8.06. The number of β-amino-alcohol motifs (C(OH)–C–C–N with tert-alkyl or cyclic N) is 1. The second-order valence-electron chi connectivity index (χ2n) is 5.84. The summed E-state index contributed by atoms with van der Waals surface area (Å²) in [6.45, 7) is 0.205. The van der Waals surface area contributed by atoms with Crippen molar-refractivity contribution in [3.05, 3.63) is 71.8 Å². The maximum absolute atomic E-state index is 12.3. The van der Waals surface area contributed by atoms with Gasteiger partial charge in [-0.3, -0.25) is 4.79 Å². The van der Waals surface area contributed by atoms with Crippen molar-refractivity contribution >= 4 is 11.9 Å². The minimum atomic E-state index is -0.814. The fourth-order valence-electron chi connectivity index (χ4n) is 2.66. The summed E-state index contributed by atoms with van der Waals surface area (Å²) in [6.07, 6.45) is -0.590. The lowest BCUT2D eigenvalue weighted by atomic mass is 10.2. The third kappa shape index (κ3) is 4.43. The lowest BCUT2D eigenvalue weighted by molar-refractivity contribution is -0.170. The summed E-state index contributed by atoms with van der Waals surface area (Å²) in [7, 11) is 0. The molecule has 1 N–H and O–H groups in total. The molecule has 1 aliphatic rings. The van der Waals surface area contributed by atoms with E-state index in [-0.39, 0.29) is 19.6 Å². The van der Waals surface area contributed by atoms with E-state index in [1.165, 1.54) is 5.06 Å². The van der Waals surface area contributed by atoms with E-state index in [1.807, 2.05) is 30.3 Å². The number of carbonyl (C=O) groups excluding carboxylic acids is 2. The first-order valence-corrected chi connectivity index (χ1v) is 8.06. The minimum Gasteiger partial charge on any atom is -0.460 e. The number of ether oxygens (including phenoxy) is 1. The summed E-state index contributed by atoms with van der Waals surface area (Å²) in [6, 6.07) is 17.0. The Bertz CT molecular complexity index is 719. The van der Waals surface area contributed by atoms with Gasteiger partial charge in [0.25, 0.3) is 0 Å². The second-order valence-corrected chi connectivity index (χ2v) is 5.84. The number of rotatable bonds is 5. The molecular weight excluding hydrogens is 322 g/mol. The largest absolute Gasteiger partial charge is 0.460 e. The third-order valence-corrected chi connectivity index (χ3v) is 3.94. The molecule has 0 bridgehead atoms. The van der Waals surface area contributed by atoms with Crippen LogP contribution in [0.15, 0.2) is 60.7 Å². The lowest BCUT2D eigenvalue weighted by Gasteiger charge is -2.21. The van der Waals surface area contributed by atoms with Crippen molar-refractivity contribution in [3.8, 4) is 0 Å². The molecule has 0 aliphatic carbocycles. The Hall–Kier alpha value is -2.70. The molecule has 0 unspecified atom stereocenters. The van der Waals surface area contributed by atoms with Gasteiger partial charge in [0.1, 0.15) is 12.6 Å². The second kappa shape index (κ2) is 7.92. The van der Waals surface area contributed by atoms with Crippen LogP contribution in [0.4, 0.5) is 0 Å². The standard InChI is InChI=1S/C19H19NO5/c21-16-11-17(19(23)24-13-14-7-3-1-4-8-14)20(12-16)25-18(22)15-9-5-2-6-10-15/h1-10,16-17,21H,11-13H2/t16-,17+/m1/s1. The summed E-state index contributed by atoms with van der Waals surface area (Å²) in [5, 5.41) is 11.0. The Balaban J connectivity index is 1.61. The van der Waals surface area contributed by atoms with Gasteiger partial charge in [-0.05, 0) is 17.7 Å². The molecule has 1 fully saturated rings. The van der Waals surface area contributed by atoms with Crippen LogP contribution in [0.2, 0.25) is 0 Å². The van der Waals surface area contributed by atoms with Crippen LogP contribution in [0.5, 0.6) is 0 Å². The van der Waals surface area contributed by atoms with Crippen LogP contribution >= 0.6 is 0 Å². The van der Waals surface area contributed by atoms with Crippen LogP contribution < -0.4 is 0 Å². The number of carbonyl (C=O) groups is 2. The molecule has 1 aliphatic heterocycles. The molecule has 1 heterocycles. The first kappa shape index (κ1) is 17.1. The maximum Gasteiger partial charge on any atom is 0.357 e. The van der Waals surface area contributed by atoms with Crippen molar-refractivity contribution in [2.45, 2.75) is 25.2 Å². The van der Waals surface area contributed by atoms with E-state index in [0.717, 1.165) is 5.56 Å². The smallest absolute Gasteiger partial charge is 0.357 e. The van der Waals surface area contributed by atoms with Gasteiger partial charge in [-0.25, -0.2) is 4.79 Å². The third-order valence-electron chi connectivity index (χ3n) is 3.94. The molecule has 2 aromatic carbocycles. The summed E-state index contributed by atoms with van der Waals surface area (Å²) in [5.41, 5.74) is 1.24. The zero-order chi connectivity index (χ0) is 17.6. The zero-order valence-electron chi connectivity index (χ0n) is 13.6. The van der Waals surface area contributed by atoms with Crippen LogP contribution in [0.3, 0.4) is 0 Å². The zero-order valence-corrected chi connectivity index (χ0v) is 13.6. The van der Waals surface area contributed by atoms with Crippen molar-refractivity contribution in [1.82, 2.24) is 5.06 Å². The molecule has 25 heavy (non-hydrogen) atoms. The number of aliphatic hydroxyl groups excluding tert-OH is 1. The SMILES string of the molecule is O=C(ON1C[C@H](O)C[C@H]1C(=O)OCc1ccccc1)c1ccccc1. The van der Waals surface area contributed by atoms with E-state index < -0.39 is 24.1 Å². The quantitative estimate of drug-likeness (QED) is 0.838. The van der Waals surface area contributed by atoms with Gasteiger partial charge in [-0.2, -0.15) is 0 Å². The van der Waals surface area contributed by atoms with E-state index in [0.29, 0.717) is 5.56 Å². The fourth-order valence-corrected chi connectivity index (χ4v) is 2.66. The summed E-state index contributed by atoms with van der Waals surface area (Å²) >= 11 is 0. The predicted molar refractivity (Wildman–Crippen MR) is 89.2 cm³/mol. The minimum absolute atomic E-state index is 0.0731. The van der Waals surface area contributed by atoms with Gasteiger partial charge in [-0.1, -0.05) is 48.5 Å². The number of esters is 1. The Labute approximate surface area is 145 Å². The summed E-state index contributed by atoms with van der Waals surface area (Å²) in [5.74, 6) is -1.10. The van der Waals surface area contributed by atoms with Gasteiger partial charge in [-0.15, -0.1) is 5.06 Å². The topological polar surface area (TPSA) is 76.1 Å². The molecule has 2 aromatic rings. The van der Waals surface area contributed by atoms with Crippen molar-refractivity contribution in [3.63, 3.8) is 0 Å². The van der Waals surface area contributed by atoms with Crippen molar-refractivity contribution in [1.29, 1.82) is 0 Å². The molecule has 130 valence electrons. The van der Waals surface area contributed by atoms with Gasteiger partial charge in [0.05, 0.1) is 18.2 Å². The van der Waals surface area contributed by atoms with Gasteiger partial charge in [0, 0.05) is 6.42 Å². The molecular formula is C19H19NO5. The van der Waals surface area contributed by atoms with Crippen molar-refractivity contribution < 1.29 is 24.3 Å². The molecule has 2 atom stereocenters. The normalized spacial score (nSPS) is 20.2. The van der Waals surface area contributed by atoms with Crippen molar-refractivity contribution in [2.75, 3.05) is 6.54 Å². The Morgan fingerprint density at radius 3 is 2.36 bits per heavy atom. The number of aliphatic hydroxyl groups is 1. The average Bonchev–Trinajstić information content (AvgIpc) is 3.01. The highest BCUT2D eigenvalue weighted by Gasteiger charge is 2.40. The van der Waals surface area contributed by atoms with Gasteiger partial charge in [0.2, 0.25) is 0 Å². The maximum atomic E-state index is 12.3. The predicted octanol–water partition coefficient (Wildman–Crippen LogP) is 1.94. The lowest BCUT2D eigenvalue weighted by Crippen LogP contribution is -2.38. The highest BCUT2D eigenvalue weighted by atomic mass is 16.7. The molecule has 1 saturated heterocycles. The summed E-state index contributed by atoms with van der Waals surface area (Å²) in [4.78, 5) is 29.8. The molecule has 0 saturated carbocycles. The molecule has 0 radical (unpaired) electrons. The molecule has 0 spiro atoms. The van der Waals surface area contributed by atoms with E-state index in [9.17, 15) is 14.7 Å². The van der Waals surface area contributed by atoms with Crippen LogP contribution in [0.1, 0.15) is 22.3 Å². The highest BCUT2D eigenvalue weighted by Crippen LogP contribution is 2.21. The fraction of sp³-hybridized carbons (Fsp3) is 0.263.